The highest BCUT2D eigenvalue weighted by Gasteiger charge is 2.21. The molecule has 1 heterocycles. The first-order valence-electron chi connectivity index (χ1n) is 7.25. The molecule has 1 atom stereocenters. The molecule has 0 bridgehead atoms. The lowest BCUT2D eigenvalue weighted by molar-refractivity contribution is 0.309. The van der Waals surface area contributed by atoms with Crippen LogP contribution in [0.5, 0.6) is 0 Å². The summed E-state index contributed by atoms with van der Waals surface area (Å²) in [7, 11) is 0. The number of nitrogens with zero attached hydrogens (tertiary/aromatic N) is 1. The van der Waals surface area contributed by atoms with Crippen LogP contribution in [-0.2, 0) is 0 Å². The lowest BCUT2D eigenvalue weighted by atomic mass is 9.84. The van der Waals surface area contributed by atoms with Crippen molar-refractivity contribution in [2.75, 3.05) is 5.75 Å². The summed E-state index contributed by atoms with van der Waals surface area (Å²) in [5.41, 5.74) is 0. The van der Waals surface area contributed by atoms with Crippen molar-refractivity contribution in [1.82, 2.24) is 5.32 Å². The van der Waals surface area contributed by atoms with Gasteiger partial charge in [-0.25, -0.2) is 0 Å². The van der Waals surface area contributed by atoms with Crippen LogP contribution < -0.4 is 5.32 Å². The van der Waals surface area contributed by atoms with E-state index in [0.717, 1.165) is 5.92 Å². The molecule has 1 aliphatic heterocycles. The second kappa shape index (κ2) is 6.67. The average Bonchev–Trinajstić information content (AvgIpc) is 2.32. The molecule has 0 aromatic rings. The Kier molecular flexibility index (Phi) is 5.20. The Morgan fingerprint density at radius 3 is 2.65 bits per heavy atom. The molecule has 0 amide bonds. The third kappa shape index (κ3) is 4.20. The molecule has 0 spiro atoms. The zero-order valence-corrected chi connectivity index (χ0v) is 12.1. The monoisotopic (exact) mass is 254 g/mol. The minimum Gasteiger partial charge on any atom is -0.362 e. The Balaban J connectivity index is 1.78. The molecule has 17 heavy (non-hydrogen) atoms. The van der Waals surface area contributed by atoms with E-state index in [1.807, 2.05) is 11.8 Å². The van der Waals surface area contributed by atoms with Crippen LogP contribution in [0.2, 0.25) is 0 Å². The number of hydrogen-bond acceptors (Lipinski definition) is 2. The van der Waals surface area contributed by atoms with Crippen molar-refractivity contribution in [3.63, 3.8) is 0 Å². The predicted octanol–water partition coefficient (Wildman–Crippen LogP) is 3.82. The molecule has 1 saturated carbocycles. The van der Waals surface area contributed by atoms with Gasteiger partial charge >= 0.3 is 0 Å². The first-order valence-corrected chi connectivity index (χ1v) is 8.23. The van der Waals surface area contributed by atoms with Crippen molar-refractivity contribution in [3.8, 4) is 0 Å². The number of thioether (sulfide) groups is 1. The molecule has 2 nitrogen and oxygen atoms in total. The van der Waals surface area contributed by atoms with Gasteiger partial charge in [0.1, 0.15) is 0 Å². The first kappa shape index (κ1) is 13.3. The van der Waals surface area contributed by atoms with E-state index in [2.05, 4.69) is 19.2 Å². The van der Waals surface area contributed by atoms with Crippen LogP contribution in [0.3, 0.4) is 0 Å². The number of amidine groups is 1. The second-order valence-electron chi connectivity index (χ2n) is 5.58. The summed E-state index contributed by atoms with van der Waals surface area (Å²) in [5, 5.41) is 4.72. The lowest BCUT2D eigenvalue weighted by Crippen LogP contribution is -2.36. The number of nitrogens with one attached hydrogen (secondary N) is 1. The highest BCUT2D eigenvalue weighted by atomic mass is 32.2. The van der Waals surface area contributed by atoms with Gasteiger partial charge in [0.05, 0.1) is 6.04 Å². The predicted molar refractivity (Wildman–Crippen MR) is 77.8 cm³/mol. The van der Waals surface area contributed by atoms with Gasteiger partial charge in [0.25, 0.3) is 0 Å². The highest BCUT2D eigenvalue weighted by molar-refractivity contribution is 8.13. The molecule has 1 N–H and O–H groups in total. The molecular formula is C14H26N2S. The van der Waals surface area contributed by atoms with Crippen LogP contribution in [0.25, 0.3) is 0 Å². The fourth-order valence-electron chi connectivity index (χ4n) is 2.87. The SMILES string of the molecule is CCCC1CCC(N=C2NC(C)CCS2)CC1. The van der Waals surface area contributed by atoms with Crippen LogP contribution >= 0.6 is 11.8 Å². The summed E-state index contributed by atoms with van der Waals surface area (Å²) in [5.74, 6) is 2.22. The van der Waals surface area contributed by atoms with Gasteiger partial charge < -0.3 is 5.32 Å². The van der Waals surface area contributed by atoms with Crippen LogP contribution in [0.4, 0.5) is 0 Å². The van der Waals surface area contributed by atoms with Crippen molar-refractivity contribution in [3.05, 3.63) is 0 Å². The van der Waals surface area contributed by atoms with E-state index < -0.39 is 0 Å². The maximum atomic E-state index is 4.91. The van der Waals surface area contributed by atoms with E-state index >= 15 is 0 Å². The van der Waals surface area contributed by atoms with E-state index in [9.17, 15) is 0 Å². The quantitative estimate of drug-likeness (QED) is 0.828. The van der Waals surface area contributed by atoms with E-state index in [4.69, 9.17) is 4.99 Å². The number of rotatable bonds is 3. The van der Waals surface area contributed by atoms with Gasteiger partial charge in [0.2, 0.25) is 0 Å². The fourth-order valence-corrected chi connectivity index (χ4v) is 4.04. The molecule has 0 aromatic heterocycles. The molecule has 1 unspecified atom stereocenters. The Morgan fingerprint density at radius 2 is 2.00 bits per heavy atom. The Bertz CT molecular complexity index is 257. The average molecular weight is 254 g/mol. The van der Waals surface area contributed by atoms with Gasteiger partial charge in [0.15, 0.2) is 5.17 Å². The summed E-state index contributed by atoms with van der Waals surface area (Å²) in [6.45, 7) is 4.56. The molecule has 3 heteroatoms. The molecule has 2 fully saturated rings. The van der Waals surface area contributed by atoms with Gasteiger partial charge in [-0.05, 0) is 44.9 Å². The van der Waals surface area contributed by atoms with Gasteiger partial charge in [-0.1, -0.05) is 31.5 Å². The largest absolute Gasteiger partial charge is 0.362 e. The number of aliphatic imine (C=N–C) groups is 1. The molecule has 98 valence electrons. The molecule has 0 aromatic carbocycles. The Morgan fingerprint density at radius 1 is 1.24 bits per heavy atom. The Labute approximate surface area is 110 Å². The summed E-state index contributed by atoms with van der Waals surface area (Å²) in [6, 6.07) is 1.22. The molecule has 1 aliphatic carbocycles. The maximum Gasteiger partial charge on any atom is 0.157 e. The Hall–Kier alpha value is -0.180. The third-order valence-corrected chi connectivity index (χ3v) is 4.91. The summed E-state index contributed by atoms with van der Waals surface area (Å²) >= 11 is 1.91. The number of hydrogen-bond donors (Lipinski definition) is 1. The zero-order valence-electron chi connectivity index (χ0n) is 11.2. The van der Waals surface area contributed by atoms with E-state index in [0.29, 0.717) is 12.1 Å². The van der Waals surface area contributed by atoms with Crippen LogP contribution in [0.1, 0.15) is 58.8 Å². The van der Waals surface area contributed by atoms with Crippen LogP contribution in [0, 0.1) is 5.92 Å². The van der Waals surface area contributed by atoms with Gasteiger partial charge in [-0.15, -0.1) is 0 Å². The minimum atomic E-state index is 0.600. The first-order chi connectivity index (χ1) is 8.28. The summed E-state index contributed by atoms with van der Waals surface area (Å²) in [4.78, 5) is 4.91. The second-order valence-corrected chi connectivity index (χ2v) is 6.66. The van der Waals surface area contributed by atoms with E-state index in [1.54, 1.807) is 0 Å². The normalized spacial score (nSPS) is 36.8. The van der Waals surface area contributed by atoms with Crippen LogP contribution in [-0.4, -0.2) is 23.0 Å². The van der Waals surface area contributed by atoms with Crippen molar-refractivity contribution < 1.29 is 0 Å². The highest BCUT2D eigenvalue weighted by Crippen LogP contribution is 2.30. The van der Waals surface area contributed by atoms with Crippen LogP contribution in [0.15, 0.2) is 4.99 Å². The standard InChI is InChI=1S/C14H26N2S/c1-3-4-12-5-7-13(8-6-12)16-14-15-11(2)9-10-17-14/h11-13H,3-10H2,1-2H3,(H,15,16). The zero-order chi connectivity index (χ0) is 12.1. The van der Waals surface area contributed by atoms with E-state index in [-0.39, 0.29) is 0 Å². The van der Waals surface area contributed by atoms with E-state index in [1.165, 1.54) is 55.9 Å². The molecule has 2 rings (SSSR count). The molecule has 2 aliphatic rings. The van der Waals surface area contributed by atoms with Crippen molar-refractivity contribution in [1.29, 1.82) is 0 Å². The summed E-state index contributed by atoms with van der Waals surface area (Å²) < 4.78 is 0. The van der Waals surface area contributed by atoms with Gasteiger partial charge in [-0.2, -0.15) is 0 Å². The topological polar surface area (TPSA) is 24.4 Å². The molecule has 0 radical (unpaired) electrons. The third-order valence-electron chi connectivity index (χ3n) is 3.97. The van der Waals surface area contributed by atoms with Gasteiger partial charge in [-0.3, -0.25) is 4.99 Å². The van der Waals surface area contributed by atoms with Crippen molar-refractivity contribution >= 4 is 16.9 Å². The lowest BCUT2D eigenvalue weighted by Gasteiger charge is -2.28. The van der Waals surface area contributed by atoms with Crippen molar-refractivity contribution in [2.45, 2.75) is 70.9 Å². The molecule has 1 saturated heterocycles. The minimum absolute atomic E-state index is 0.600. The fraction of sp³-hybridized carbons (Fsp3) is 0.929. The summed E-state index contributed by atoms with van der Waals surface area (Å²) in [6.07, 6.45) is 9.46. The maximum absolute atomic E-state index is 4.91. The van der Waals surface area contributed by atoms with Crippen molar-refractivity contribution in [2.24, 2.45) is 10.9 Å². The molecular weight excluding hydrogens is 228 g/mol. The van der Waals surface area contributed by atoms with Gasteiger partial charge in [0, 0.05) is 11.8 Å². The smallest absolute Gasteiger partial charge is 0.157 e.